The first-order valence-electron chi connectivity index (χ1n) is 6.29. The second-order valence-corrected chi connectivity index (χ2v) is 4.68. The Morgan fingerprint density at radius 3 is 3.12 bits per heavy atom. The second-order valence-electron chi connectivity index (χ2n) is 4.68. The van der Waals surface area contributed by atoms with Gasteiger partial charge in [-0.15, -0.1) is 0 Å². The van der Waals surface area contributed by atoms with E-state index in [1.54, 1.807) is 16.9 Å². The van der Waals surface area contributed by atoms with Gasteiger partial charge in [-0.2, -0.15) is 5.10 Å². The molecule has 3 N–H and O–H groups in total. The van der Waals surface area contributed by atoms with E-state index in [0.29, 0.717) is 5.69 Å². The highest BCUT2D eigenvalue weighted by atomic mass is 16.2. The molecule has 0 aromatic carbocycles. The van der Waals surface area contributed by atoms with E-state index in [0.717, 1.165) is 32.2 Å². The lowest BCUT2D eigenvalue weighted by molar-refractivity contribution is 0.0926. The summed E-state index contributed by atoms with van der Waals surface area (Å²) in [4.78, 5) is 12.1. The number of aryl methyl sites for hydroxylation is 1. The molecule has 2 atom stereocenters. The molecule has 1 fully saturated rings. The van der Waals surface area contributed by atoms with Gasteiger partial charge in [0.1, 0.15) is 5.69 Å². The number of nitrogens with zero attached hydrogens (tertiary/aromatic N) is 2. The topological polar surface area (TPSA) is 72.9 Å². The third kappa shape index (κ3) is 2.85. The van der Waals surface area contributed by atoms with E-state index in [9.17, 15) is 4.79 Å². The summed E-state index contributed by atoms with van der Waals surface area (Å²) >= 11 is 0. The molecule has 1 heterocycles. The van der Waals surface area contributed by atoms with Gasteiger partial charge in [-0.1, -0.05) is 6.92 Å². The van der Waals surface area contributed by atoms with Gasteiger partial charge in [0.25, 0.3) is 5.91 Å². The zero-order chi connectivity index (χ0) is 12.3. The van der Waals surface area contributed by atoms with Crippen molar-refractivity contribution < 1.29 is 4.79 Å². The SMILES string of the molecule is CCCn1nccc1C(=O)N[C@@H]1CC[C@@H](N)C1. The van der Waals surface area contributed by atoms with Crippen LogP contribution in [-0.4, -0.2) is 27.8 Å². The molecule has 1 aliphatic carbocycles. The molecule has 0 radical (unpaired) electrons. The van der Waals surface area contributed by atoms with Gasteiger partial charge in [-0.25, -0.2) is 0 Å². The molecule has 1 aromatic heterocycles. The van der Waals surface area contributed by atoms with Gasteiger partial charge in [0, 0.05) is 24.8 Å². The van der Waals surface area contributed by atoms with E-state index >= 15 is 0 Å². The number of amides is 1. The first-order chi connectivity index (χ1) is 8.20. The largest absolute Gasteiger partial charge is 0.348 e. The Labute approximate surface area is 101 Å². The number of hydrogen-bond acceptors (Lipinski definition) is 3. The average molecular weight is 236 g/mol. The summed E-state index contributed by atoms with van der Waals surface area (Å²) in [6.45, 7) is 2.85. The fourth-order valence-corrected chi connectivity index (χ4v) is 2.32. The van der Waals surface area contributed by atoms with Crippen LogP contribution in [0.15, 0.2) is 12.3 Å². The molecule has 1 aromatic rings. The molecule has 0 bridgehead atoms. The summed E-state index contributed by atoms with van der Waals surface area (Å²) in [7, 11) is 0. The number of nitrogens with two attached hydrogens (primary N) is 1. The maximum Gasteiger partial charge on any atom is 0.269 e. The van der Waals surface area contributed by atoms with Crippen LogP contribution in [0.25, 0.3) is 0 Å². The molecule has 1 amide bonds. The van der Waals surface area contributed by atoms with Crippen molar-refractivity contribution in [1.82, 2.24) is 15.1 Å². The van der Waals surface area contributed by atoms with Crippen LogP contribution in [0.5, 0.6) is 0 Å². The van der Waals surface area contributed by atoms with Gasteiger partial charge < -0.3 is 11.1 Å². The second kappa shape index (κ2) is 5.31. The van der Waals surface area contributed by atoms with E-state index in [4.69, 9.17) is 5.73 Å². The lowest BCUT2D eigenvalue weighted by atomic mass is 10.2. The molecule has 0 spiro atoms. The van der Waals surface area contributed by atoms with Crippen molar-refractivity contribution in [3.8, 4) is 0 Å². The highest BCUT2D eigenvalue weighted by molar-refractivity contribution is 5.92. The van der Waals surface area contributed by atoms with Gasteiger partial charge in [-0.05, 0) is 31.7 Å². The number of carbonyl (C=O) groups is 1. The lowest BCUT2D eigenvalue weighted by Crippen LogP contribution is -2.35. The van der Waals surface area contributed by atoms with Crippen LogP contribution in [0, 0.1) is 0 Å². The van der Waals surface area contributed by atoms with Crippen LogP contribution < -0.4 is 11.1 Å². The summed E-state index contributed by atoms with van der Waals surface area (Å²) in [5, 5.41) is 7.18. The maximum atomic E-state index is 12.1. The van der Waals surface area contributed by atoms with Crippen LogP contribution in [0.4, 0.5) is 0 Å². The number of carbonyl (C=O) groups excluding carboxylic acids is 1. The summed E-state index contributed by atoms with van der Waals surface area (Å²) in [6.07, 6.45) is 5.50. The molecule has 2 rings (SSSR count). The predicted octanol–water partition coefficient (Wildman–Crippen LogP) is 0.903. The molecule has 5 heteroatoms. The van der Waals surface area contributed by atoms with Crippen molar-refractivity contribution in [2.75, 3.05) is 0 Å². The third-order valence-corrected chi connectivity index (χ3v) is 3.19. The first-order valence-corrected chi connectivity index (χ1v) is 6.29. The van der Waals surface area contributed by atoms with Crippen LogP contribution in [0.1, 0.15) is 43.1 Å². The molecule has 0 unspecified atom stereocenters. The Hall–Kier alpha value is -1.36. The monoisotopic (exact) mass is 236 g/mol. The zero-order valence-corrected chi connectivity index (χ0v) is 10.2. The van der Waals surface area contributed by atoms with E-state index in [1.807, 2.05) is 0 Å². The molecule has 94 valence electrons. The Morgan fingerprint density at radius 1 is 1.65 bits per heavy atom. The Kier molecular flexibility index (Phi) is 3.78. The van der Waals surface area contributed by atoms with Crippen molar-refractivity contribution in [3.63, 3.8) is 0 Å². The van der Waals surface area contributed by atoms with E-state index in [2.05, 4.69) is 17.3 Å². The molecule has 5 nitrogen and oxygen atoms in total. The van der Waals surface area contributed by atoms with Crippen molar-refractivity contribution in [3.05, 3.63) is 18.0 Å². The molecular formula is C12H20N4O. The van der Waals surface area contributed by atoms with Crippen LogP contribution in [0.2, 0.25) is 0 Å². The standard InChI is InChI=1S/C12H20N4O/c1-2-7-16-11(5-6-14-16)12(17)15-10-4-3-9(13)8-10/h5-6,9-10H,2-4,7-8,13H2,1H3,(H,15,17)/t9-,10-/m1/s1. The van der Waals surface area contributed by atoms with Crippen molar-refractivity contribution >= 4 is 5.91 Å². The fourth-order valence-electron chi connectivity index (χ4n) is 2.32. The first kappa shape index (κ1) is 12.1. The summed E-state index contributed by atoms with van der Waals surface area (Å²) in [6, 6.07) is 2.23. The number of aromatic nitrogens is 2. The minimum Gasteiger partial charge on any atom is -0.348 e. The molecule has 1 saturated carbocycles. The van der Waals surface area contributed by atoms with Crippen molar-refractivity contribution in [2.24, 2.45) is 5.73 Å². The van der Waals surface area contributed by atoms with Gasteiger partial charge in [0.2, 0.25) is 0 Å². The van der Waals surface area contributed by atoms with Gasteiger partial charge >= 0.3 is 0 Å². The maximum absolute atomic E-state index is 12.1. The fraction of sp³-hybridized carbons (Fsp3) is 0.667. The van der Waals surface area contributed by atoms with E-state index in [1.165, 1.54) is 0 Å². The Balaban J connectivity index is 1.97. The van der Waals surface area contributed by atoms with Gasteiger partial charge in [0.15, 0.2) is 0 Å². The summed E-state index contributed by atoms with van der Waals surface area (Å²) in [5.41, 5.74) is 6.47. The average Bonchev–Trinajstić information content (AvgIpc) is 2.88. The highest BCUT2D eigenvalue weighted by Crippen LogP contribution is 2.17. The minimum absolute atomic E-state index is 0.0324. The summed E-state index contributed by atoms with van der Waals surface area (Å²) in [5.74, 6) is -0.0324. The predicted molar refractivity (Wildman–Crippen MR) is 65.6 cm³/mol. The quantitative estimate of drug-likeness (QED) is 0.816. The van der Waals surface area contributed by atoms with Crippen molar-refractivity contribution in [2.45, 2.75) is 51.2 Å². The number of hydrogen-bond donors (Lipinski definition) is 2. The Morgan fingerprint density at radius 2 is 2.47 bits per heavy atom. The third-order valence-electron chi connectivity index (χ3n) is 3.19. The Bertz CT molecular complexity index is 388. The molecule has 1 aliphatic rings. The summed E-state index contributed by atoms with van der Waals surface area (Å²) < 4.78 is 1.75. The van der Waals surface area contributed by atoms with Crippen LogP contribution in [-0.2, 0) is 6.54 Å². The van der Waals surface area contributed by atoms with Crippen molar-refractivity contribution in [1.29, 1.82) is 0 Å². The van der Waals surface area contributed by atoms with E-state index < -0.39 is 0 Å². The lowest BCUT2D eigenvalue weighted by Gasteiger charge is -2.13. The van der Waals surface area contributed by atoms with Gasteiger partial charge in [0.05, 0.1) is 0 Å². The number of nitrogens with one attached hydrogen (secondary N) is 1. The molecule has 0 aliphatic heterocycles. The van der Waals surface area contributed by atoms with Gasteiger partial charge in [-0.3, -0.25) is 9.48 Å². The van der Waals surface area contributed by atoms with Crippen LogP contribution in [0.3, 0.4) is 0 Å². The number of rotatable bonds is 4. The molecule has 0 saturated heterocycles. The zero-order valence-electron chi connectivity index (χ0n) is 10.2. The van der Waals surface area contributed by atoms with E-state index in [-0.39, 0.29) is 18.0 Å². The highest BCUT2D eigenvalue weighted by Gasteiger charge is 2.24. The smallest absolute Gasteiger partial charge is 0.269 e. The molecular weight excluding hydrogens is 216 g/mol. The molecule has 17 heavy (non-hydrogen) atoms. The minimum atomic E-state index is -0.0324. The van der Waals surface area contributed by atoms with Crippen LogP contribution >= 0.6 is 0 Å². The normalized spacial score (nSPS) is 23.9.